The van der Waals surface area contributed by atoms with Gasteiger partial charge >= 0.3 is 5.69 Å². The summed E-state index contributed by atoms with van der Waals surface area (Å²) in [5.41, 5.74) is 0.998. The average Bonchev–Trinajstić information content (AvgIpc) is 2.69. The van der Waals surface area contributed by atoms with Gasteiger partial charge in [0, 0.05) is 12.2 Å². The van der Waals surface area contributed by atoms with Gasteiger partial charge in [0.2, 0.25) is 0 Å². The van der Waals surface area contributed by atoms with E-state index < -0.39 is 5.69 Å². The van der Waals surface area contributed by atoms with Crippen LogP contribution in [0.25, 0.3) is 28.0 Å². The van der Waals surface area contributed by atoms with Crippen LogP contribution in [0.5, 0.6) is 0 Å². The number of hydrogen-bond acceptors (Lipinski definition) is 3. The van der Waals surface area contributed by atoms with Gasteiger partial charge in [-0.15, -0.1) is 0 Å². The summed E-state index contributed by atoms with van der Waals surface area (Å²) in [6, 6.07) is 14.6. The summed E-state index contributed by atoms with van der Waals surface area (Å²) >= 11 is 12.3. The summed E-state index contributed by atoms with van der Waals surface area (Å²) in [7, 11) is 0. The number of fused-ring (bicyclic) bond motifs is 2. The van der Waals surface area contributed by atoms with Crippen molar-refractivity contribution in [2.45, 2.75) is 26.3 Å². The Balaban J connectivity index is 2.13. The van der Waals surface area contributed by atoms with Crippen molar-refractivity contribution in [2.24, 2.45) is 0 Å². The molecule has 0 saturated carbocycles. The summed E-state index contributed by atoms with van der Waals surface area (Å²) in [5, 5.41) is 1.67. The largest absolute Gasteiger partial charge is 0.352 e. The minimum atomic E-state index is -0.546. The highest BCUT2D eigenvalue weighted by Crippen LogP contribution is 2.31. The fourth-order valence-electron chi connectivity index (χ4n) is 3.32. The second-order valence-electron chi connectivity index (χ2n) is 6.58. The quantitative estimate of drug-likeness (QED) is 0.453. The van der Waals surface area contributed by atoms with Gasteiger partial charge in [-0.2, -0.15) is 4.98 Å². The van der Waals surface area contributed by atoms with Gasteiger partial charge in [-0.3, -0.25) is 13.9 Å². The first-order valence-corrected chi connectivity index (χ1v) is 9.77. The van der Waals surface area contributed by atoms with Crippen LogP contribution < -0.4 is 11.2 Å². The van der Waals surface area contributed by atoms with E-state index in [1.54, 1.807) is 28.8 Å². The van der Waals surface area contributed by atoms with Crippen molar-refractivity contribution < 1.29 is 0 Å². The van der Waals surface area contributed by atoms with Crippen LogP contribution >= 0.6 is 23.2 Å². The lowest BCUT2D eigenvalue weighted by molar-refractivity contribution is 0.582. The SMILES string of the molecule is CCCCn1c(=O)nc2n(-c3ccc(Cl)c(Cl)c3)c3ccccc3cc-2c1=O. The molecule has 2 aromatic carbocycles. The van der Waals surface area contributed by atoms with Crippen molar-refractivity contribution in [3.8, 4) is 17.1 Å². The van der Waals surface area contributed by atoms with Gasteiger partial charge in [-0.1, -0.05) is 54.7 Å². The lowest BCUT2D eigenvalue weighted by Crippen LogP contribution is -2.38. The summed E-state index contributed by atoms with van der Waals surface area (Å²) in [5.74, 6) is 0.305. The molecule has 0 spiro atoms. The maximum Gasteiger partial charge on any atom is 0.352 e. The van der Waals surface area contributed by atoms with Gasteiger partial charge in [-0.05, 0) is 42.1 Å². The van der Waals surface area contributed by atoms with E-state index in [0.717, 1.165) is 23.7 Å². The molecule has 28 heavy (non-hydrogen) atoms. The van der Waals surface area contributed by atoms with Gasteiger partial charge in [-0.25, -0.2) is 4.79 Å². The van der Waals surface area contributed by atoms with Crippen molar-refractivity contribution in [2.75, 3.05) is 0 Å². The van der Waals surface area contributed by atoms with Crippen molar-refractivity contribution in [3.05, 3.63) is 79.4 Å². The second kappa shape index (κ2) is 7.41. The molecule has 5 nitrogen and oxygen atoms in total. The number of benzene rings is 2. The van der Waals surface area contributed by atoms with Crippen molar-refractivity contribution in [3.63, 3.8) is 0 Å². The maximum absolute atomic E-state index is 13.1. The van der Waals surface area contributed by atoms with Gasteiger partial charge in [0.05, 0.1) is 21.1 Å². The van der Waals surface area contributed by atoms with Crippen LogP contribution in [0.1, 0.15) is 19.8 Å². The molecule has 0 saturated heterocycles. The van der Waals surface area contributed by atoms with Gasteiger partial charge in [0.1, 0.15) is 0 Å². The van der Waals surface area contributed by atoms with Crippen LogP contribution in [-0.4, -0.2) is 14.1 Å². The Kier molecular flexibility index (Phi) is 4.96. The Morgan fingerprint density at radius 1 is 1.00 bits per heavy atom. The predicted octanol–water partition coefficient (Wildman–Crippen LogP) is 4.76. The monoisotopic (exact) mass is 413 g/mol. The maximum atomic E-state index is 13.1. The summed E-state index contributed by atoms with van der Waals surface area (Å²) in [6.07, 6.45) is 1.62. The zero-order valence-electron chi connectivity index (χ0n) is 15.2. The number of rotatable bonds is 4. The molecule has 0 unspecified atom stereocenters. The summed E-state index contributed by atoms with van der Waals surface area (Å²) in [6.45, 7) is 2.37. The highest BCUT2D eigenvalue weighted by Gasteiger charge is 2.20. The standard InChI is InChI=1S/C21H17Cl2N3O2/c1-2-3-10-25-20(27)15-11-13-6-4-5-7-18(13)26(19(15)24-21(25)28)14-8-9-16(22)17(23)12-14/h4-9,11-12H,2-3,10H2,1H3. The minimum absolute atomic E-state index is 0.305. The van der Waals surface area contributed by atoms with E-state index in [1.165, 1.54) is 4.57 Å². The number of nitrogens with zero attached hydrogens (tertiary/aromatic N) is 3. The van der Waals surface area contributed by atoms with Crippen LogP contribution in [0.3, 0.4) is 0 Å². The molecule has 0 aliphatic carbocycles. The zero-order valence-corrected chi connectivity index (χ0v) is 16.7. The first-order chi connectivity index (χ1) is 13.5. The molecule has 2 aliphatic heterocycles. The number of para-hydroxylation sites is 1. The van der Waals surface area contributed by atoms with Crippen LogP contribution in [0, 0.1) is 0 Å². The van der Waals surface area contributed by atoms with E-state index in [0.29, 0.717) is 33.7 Å². The number of halogens is 2. The molecule has 4 rings (SSSR count). The van der Waals surface area contributed by atoms with Crippen LogP contribution in [0.2, 0.25) is 10.0 Å². The van der Waals surface area contributed by atoms with E-state index >= 15 is 0 Å². The van der Waals surface area contributed by atoms with E-state index in [-0.39, 0.29) is 5.56 Å². The van der Waals surface area contributed by atoms with Gasteiger partial charge in [0.15, 0.2) is 5.82 Å². The molecule has 2 aliphatic rings. The summed E-state index contributed by atoms with van der Waals surface area (Å²) in [4.78, 5) is 29.9. The molecule has 2 heterocycles. The van der Waals surface area contributed by atoms with E-state index in [2.05, 4.69) is 4.98 Å². The highest BCUT2D eigenvalue weighted by atomic mass is 35.5. The molecule has 7 heteroatoms. The lowest BCUT2D eigenvalue weighted by Gasteiger charge is -2.19. The number of hydrogen-bond donors (Lipinski definition) is 0. The molecule has 0 aromatic heterocycles. The first kappa shape index (κ1) is 18.7. The fourth-order valence-corrected chi connectivity index (χ4v) is 3.61. The van der Waals surface area contributed by atoms with Crippen molar-refractivity contribution in [1.29, 1.82) is 0 Å². The number of aromatic nitrogens is 3. The van der Waals surface area contributed by atoms with Crippen LogP contribution in [0.15, 0.2) is 58.1 Å². The molecule has 142 valence electrons. The number of pyridine rings is 1. The third-order valence-corrected chi connectivity index (χ3v) is 5.47. The van der Waals surface area contributed by atoms with Crippen molar-refractivity contribution >= 4 is 34.1 Å². The molecule has 0 bridgehead atoms. The third kappa shape index (κ3) is 3.11. The van der Waals surface area contributed by atoms with Gasteiger partial charge < -0.3 is 0 Å². The Morgan fingerprint density at radius 2 is 1.79 bits per heavy atom. The van der Waals surface area contributed by atoms with Gasteiger partial charge in [0.25, 0.3) is 5.56 Å². The Labute approximate surface area is 171 Å². The molecule has 0 radical (unpaired) electrons. The van der Waals surface area contributed by atoms with Crippen LogP contribution in [-0.2, 0) is 6.54 Å². The van der Waals surface area contributed by atoms with Crippen molar-refractivity contribution in [1.82, 2.24) is 14.1 Å². The number of unbranched alkanes of at least 4 members (excludes halogenated alkanes) is 1. The highest BCUT2D eigenvalue weighted by molar-refractivity contribution is 6.42. The first-order valence-electron chi connectivity index (χ1n) is 9.02. The molecular formula is C21H17Cl2N3O2. The topological polar surface area (TPSA) is 56.9 Å². The summed E-state index contributed by atoms with van der Waals surface area (Å²) < 4.78 is 2.99. The molecule has 0 atom stereocenters. The zero-order chi connectivity index (χ0) is 19.8. The Hall–Kier alpha value is -2.63. The average molecular weight is 414 g/mol. The fraction of sp³-hybridized carbons (Fsp3) is 0.190. The molecule has 0 N–H and O–H groups in total. The second-order valence-corrected chi connectivity index (χ2v) is 7.39. The third-order valence-electron chi connectivity index (χ3n) is 4.73. The van der Waals surface area contributed by atoms with E-state index in [1.807, 2.05) is 31.2 Å². The minimum Gasteiger partial charge on any atom is -0.294 e. The predicted molar refractivity (Wildman–Crippen MR) is 113 cm³/mol. The Morgan fingerprint density at radius 3 is 2.54 bits per heavy atom. The Bertz CT molecular complexity index is 1280. The molecular weight excluding hydrogens is 397 g/mol. The van der Waals surface area contributed by atoms with Crippen LogP contribution in [0.4, 0.5) is 0 Å². The molecule has 2 aromatic rings. The van der Waals surface area contributed by atoms with E-state index in [4.69, 9.17) is 23.2 Å². The van der Waals surface area contributed by atoms with E-state index in [9.17, 15) is 9.59 Å². The lowest BCUT2D eigenvalue weighted by atomic mass is 10.1. The normalized spacial score (nSPS) is 11.4. The molecule has 0 fully saturated rings. The molecule has 0 amide bonds. The smallest absolute Gasteiger partial charge is 0.294 e.